The van der Waals surface area contributed by atoms with Gasteiger partial charge in [-0.2, -0.15) is 0 Å². The molecule has 10 heteroatoms. The monoisotopic (exact) mass is 370 g/mol. The van der Waals surface area contributed by atoms with Gasteiger partial charge in [-0.15, -0.1) is 12.4 Å². The maximum absolute atomic E-state index is 12.0. The number of benzene rings is 2. The smallest absolute Gasteiger partial charge is 0.343 e. The Hall–Kier alpha value is -2.84. The first kappa shape index (κ1) is 19.2. The van der Waals surface area contributed by atoms with Gasteiger partial charge in [0.1, 0.15) is 5.75 Å². The van der Waals surface area contributed by atoms with E-state index in [0.717, 1.165) is 6.07 Å². The summed E-state index contributed by atoms with van der Waals surface area (Å²) in [4.78, 5) is 25.9. The van der Waals surface area contributed by atoms with Crippen molar-refractivity contribution < 1.29 is 14.5 Å². The number of guanidine groups is 1. The molecule has 0 aromatic heterocycles. The highest BCUT2D eigenvalue weighted by atomic mass is 35.5. The average molecular weight is 371 g/mol. The van der Waals surface area contributed by atoms with Crippen molar-refractivity contribution in [1.82, 2.24) is 0 Å². The molecule has 2 aromatic carbocycles. The Bertz CT molecular complexity index is 790. The molecule has 0 amide bonds. The third-order valence-corrected chi connectivity index (χ3v) is 2.99. The summed E-state index contributed by atoms with van der Waals surface area (Å²) in [6.07, 6.45) is 0. The summed E-state index contributed by atoms with van der Waals surface area (Å²) in [5.41, 5.74) is 11.0. The lowest BCUT2D eigenvalue weighted by atomic mass is 10.2. The second-order valence-corrected chi connectivity index (χ2v) is 4.75. The summed E-state index contributed by atoms with van der Waals surface area (Å²) >= 11 is 5.86. The number of halogens is 2. The number of nitro groups is 1. The van der Waals surface area contributed by atoms with Gasteiger partial charge in [-0.05, 0) is 30.3 Å². The first-order valence-corrected chi connectivity index (χ1v) is 6.60. The van der Waals surface area contributed by atoms with Gasteiger partial charge in [0.05, 0.1) is 21.2 Å². The Kier molecular flexibility index (Phi) is 6.51. The lowest BCUT2D eigenvalue weighted by molar-refractivity contribution is -0.384. The van der Waals surface area contributed by atoms with Crippen LogP contribution in [0.1, 0.15) is 10.4 Å². The normalized spacial score (nSPS) is 9.54. The zero-order valence-electron chi connectivity index (χ0n) is 12.0. The average Bonchev–Trinajstić information content (AvgIpc) is 2.49. The van der Waals surface area contributed by atoms with Crippen LogP contribution in [0.2, 0.25) is 5.02 Å². The first-order valence-electron chi connectivity index (χ1n) is 6.22. The minimum atomic E-state index is -0.669. The summed E-state index contributed by atoms with van der Waals surface area (Å²) in [7, 11) is 0. The molecule has 0 aliphatic carbocycles. The van der Waals surface area contributed by atoms with Gasteiger partial charge >= 0.3 is 5.97 Å². The summed E-state index contributed by atoms with van der Waals surface area (Å²) in [6.45, 7) is 0. The Morgan fingerprint density at radius 3 is 2.29 bits per heavy atom. The highest BCUT2D eigenvalue weighted by molar-refractivity contribution is 6.32. The Morgan fingerprint density at radius 1 is 1.17 bits per heavy atom. The van der Waals surface area contributed by atoms with Crippen LogP contribution in [0, 0.1) is 10.1 Å². The van der Waals surface area contributed by atoms with Crippen LogP contribution in [0.15, 0.2) is 47.5 Å². The van der Waals surface area contributed by atoms with E-state index in [-0.39, 0.29) is 40.4 Å². The number of ether oxygens (including phenoxy) is 1. The van der Waals surface area contributed by atoms with Crippen molar-refractivity contribution in [2.45, 2.75) is 0 Å². The Morgan fingerprint density at radius 2 is 1.79 bits per heavy atom. The fourth-order valence-corrected chi connectivity index (χ4v) is 1.88. The van der Waals surface area contributed by atoms with Gasteiger partial charge in [-0.3, -0.25) is 10.1 Å². The van der Waals surface area contributed by atoms with Crippen LogP contribution in [-0.2, 0) is 0 Å². The zero-order chi connectivity index (χ0) is 17.0. The topological polar surface area (TPSA) is 134 Å². The van der Waals surface area contributed by atoms with Crippen molar-refractivity contribution in [1.29, 1.82) is 0 Å². The summed E-state index contributed by atoms with van der Waals surface area (Å²) in [5.74, 6) is -0.745. The van der Waals surface area contributed by atoms with Crippen molar-refractivity contribution in [3.63, 3.8) is 0 Å². The van der Waals surface area contributed by atoms with Gasteiger partial charge in [0.25, 0.3) is 5.69 Å². The highest BCUT2D eigenvalue weighted by Crippen LogP contribution is 2.29. The van der Waals surface area contributed by atoms with Crippen LogP contribution in [0.4, 0.5) is 11.4 Å². The molecule has 0 aliphatic rings. The fourth-order valence-electron chi connectivity index (χ4n) is 1.67. The van der Waals surface area contributed by atoms with Gasteiger partial charge in [0.15, 0.2) is 5.96 Å². The van der Waals surface area contributed by atoms with Crippen molar-refractivity contribution in [2.75, 3.05) is 0 Å². The lowest BCUT2D eigenvalue weighted by Gasteiger charge is -2.06. The van der Waals surface area contributed by atoms with Crippen LogP contribution in [-0.4, -0.2) is 16.9 Å². The lowest BCUT2D eigenvalue weighted by Crippen LogP contribution is -2.21. The predicted octanol–water partition coefficient (Wildman–Crippen LogP) is 2.79. The van der Waals surface area contributed by atoms with E-state index < -0.39 is 10.9 Å². The van der Waals surface area contributed by atoms with E-state index in [2.05, 4.69) is 4.99 Å². The Balaban J connectivity index is 0.00000288. The molecule has 0 fully saturated rings. The van der Waals surface area contributed by atoms with Gasteiger partial charge in [0.2, 0.25) is 0 Å². The third-order valence-electron chi connectivity index (χ3n) is 2.69. The number of carbonyl (C=O) groups excluding carboxylic acids is 1. The summed E-state index contributed by atoms with van der Waals surface area (Å²) in [5, 5.41) is 10.6. The van der Waals surface area contributed by atoms with Gasteiger partial charge < -0.3 is 16.2 Å². The molecule has 0 saturated heterocycles. The maximum atomic E-state index is 12.0. The molecule has 0 bridgehead atoms. The fraction of sp³-hybridized carbons (Fsp3) is 0. The molecular weight excluding hydrogens is 359 g/mol. The number of rotatable bonds is 4. The maximum Gasteiger partial charge on any atom is 0.343 e. The van der Waals surface area contributed by atoms with Crippen LogP contribution >= 0.6 is 24.0 Å². The van der Waals surface area contributed by atoms with Crippen LogP contribution in [0.5, 0.6) is 5.75 Å². The van der Waals surface area contributed by atoms with E-state index in [9.17, 15) is 14.9 Å². The van der Waals surface area contributed by atoms with Gasteiger partial charge in [-0.25, -0.2) is 9.79 Å². The van der Waals surface area contributed by atoms with Gasteiger partial charge in [-0.1, -0.05) is 11.6 Å². The number of nitrogens with zero attached hydrogens (tertiary/aromatic N) is 2. The number of carbonyl (C=O) groups is 1. The number of aliphatic imine (C=N–C) groups is 1. The zero-order valence-corrected chi connectivity index (χ0v) is 13.6. The number of nitrogens with two attached hydrogens (primary N) is 2. The molecule has 24 heavy (non-hydrogen) atoms. The van der Waals surface area contributed by atoms with Crippen molar-refractivity contribution in [3.05, 3.63) is 63.2 Å². The molecule has 4 N–H and O–H groups in total. The molecule has 0 aliphatic heterocycles. The molecule has 0 spiro atoms. The van der Waals surface area contributed by atoms with Crippen LogP contribution < -0.4 is 16.2 Å². The minimum Gasteiger partial charge on any atom is -0.421 e. The number of non-ortho nitro benzene ring substituents is 1. The second kappa shape index (κ2) is 8.14. The Labute approximate surface area is 147 Å². The van der Waals surface area contributed by atoms with E-state index in [1.165, 1.54) is 36.4 Å². The molecule has 0 atom stereocenters. The summed E-state index contributed by atoms with van der Waals surface area (Å²) < 4.78 is 5.11. The second-order valence-electron chi connectivity index (χ2n) is 4.34. The highest BCUT2D eigenvalue weighted by Gasteiger charge is 2.14. The quantitative estimate of drug-likeness (QED) is 0.212. The number of esters is 1. The summed E-state index contributed by atoms with van der Waals surface area (Å²) in [6, 6.07) is 9.57. The SMILES string of the molecule is Cl.NC(N)=Nc1ccc(C(=O)Oc2ccc([N+](=O)[O-])cc2Cl)cc1. The molecule has 2 rings (SSSR count). The molecule has 126 valence electrons. The van der Waals surface area contributed by atoms with E-state index in [0.29, 0.717) is 5.69 Å². The van der Waals surface area contributed by atoms with Crippen LogP contribution in [0.25, 0.3) is 0 Å². The molecule has 0 unspecified atom stereocenters. The molecule has 0 radical (unpaired) electrons. The molecule has 8 nitrogen and oxygen atoms in total. The van der Waals surface area contributed by atoms with Crippen molar-refractivity contribution in [3.8, 4) is 5.75 Å². The number of hydrogen-bond acceptors (Lipinski definition) is 5. The van der Waals surface area contributed by atoms with Gasteiger partial charge in [0, 0.05) is 12.1 Å². The molecule has 0 heterocycles. The van der Waals surface area contributed by atoms with E-state index in [1.54, 1.807) is 0 Å². The van der Waals surface area contributed by atoms with Crippen molar-refractivity contribution >= 4 is 47.3 Å². The number of nitro benzene ring substituents is 1. The van der Waals surface area contributed by atoms with E-state index >= 15 is 0 Å². The minimum absolute atomic E-state index is 0. The van der Waals surface area contributed by atoms with Crippen molar-refractivity contribution in [2.24, 2.45) is 16.5 Å². The molecule has 2 aromatic rings. The van der Waals surface area contributed by atoms with Crippen LogP contribution in [0.3, 0.4) is 0 Å². The first-order chi connectivity index (χ1) is 10.9. The number of hydrogen-bond donors (Lipinski definition) is 2. The molecule has 0 saturated carbocycles. The van der Waals surface area contributed by atoms with E-state index in [4.69, 9.17) is 27.8 Å². The largest absolute Gasteiger partial charge is 0.421 e. The predicted molar refractivity (Wildman–Crippen MR) is 92.2 cm³/mol. The third kappa shape index (κ3) is 4.83. The standard InChI is InChI=1S/C14H11ClN4O4.ClH/c15-11-7-10(19(21)22)5-6-12(11)23-13(20)8-1-3-9(4-2-8)18-14(16)17;/h1-7H,(H4,16,17,18);1H. The molecular formula is C14H12Cl2N4O4. The van der Waals surface area contributed by atoms with E-state index in [1.807, 2.05) is 0 Å².